The van der Waals surface area contributed by atoms with E-state index in [4.69, 9.17) is 4.74 Å². The summed E-state index contributed by atoms with van der Waals surface area (Å²) in [5.41, 5.74) is 2.18. The third-order valence-corrected chi connectivity index (χ3v) is 6.37. The van der Waals surface area contributed by atoms with Crippen molar-refractivity contribution in [1.82, 2.24) is 15.5 Å². The van der Waals surface area contributed by atoms with E-state index in [9.17, 15) is 14.4 Å². The number of carbonyl (C=O) groups is 3. The number of hydrogen-bond acceptors (Lipinski definition) is 4. The Hall–Kier alpha value is -2.57. The lowest BCUT2D eigenvalue weighted by Crippen LogP contribution is -2.54. The van der Waals surface area contributed by atoms with Crippen molar-refractivity contribution in [2.75, 3.05) is 6.54 Å². The van der Waals surface area contributed by atoms with Gasteiger partial charge in [-0.15, -0.1) is 0 Å². The molecule has 38 heavy (non-hydrogen) atoms. The second kappa shape index (κ2) is 15.7. The predicted octanol–water partition coefficient (Wildman–Crippen LogP) is 6.61. The SMILES string of the molecule is CCCCCN(C(=O)C(CC(C)C)NC(=O)OC(C)(C)C)C(C(=O)NC(C)CCC)c1ccc(C)cc1C. The number of aryl methyl sites for hydroxylation is 2. The van der Waals surface area contributed by atoms with Gasteiger partial charge in [-0.05, 0) is 77.8 Å². The maximum atomic E-state index is 14.3. The lowest BCUT2D eigenvalue weighted by molar-refractivity contribution is -0.143. The molecule has 0 spiro atoms. The van der Waals surface area contributed by atoms with Gasteiger partial charge in [-0.2, -0.15) is 0 Å². The molecule has 3 unspecified atom stereocenters. The minimum atomic E-state index is -0.805. The van der Waals surface area contributed by atoms with E-state index in [1.165, 1.54) is 0 Å². The fourth-order valence-corrected chi connectivity index (χ4v) is 4.65. The molecule has 0 fully saturated rings. The van der Waals surface area contributed by atoms with Gasteiger partial charge in [0.1, 0.15) is 17.7 Å². The van der Waals surface area contributed by atoms with Crippen LogP contribution in [0.4, 0.5) is 4.79 Å². The Morgan fingerprint density at radius 3 is 2.16 bits per heavy atom. The van der Waals surface area contributed by atoms with Gasteiger partial charge in [0.2, 0.25) is 11.8 Å². The highest BCUT2D eigenvalue weighted by atomic mass is 16.6. The molecule has 0 saturated heterocycles. The first kappa shape index (κ1) is 33.5. The third-order valence-electron chi connectivity index (χ3n) is 6.37. The molecule has 1 rings (SSSR count). The van der Waals surface area contributed by atoms with Gasteiger partial charge in [0.15, 0.2) is 0 Å². The quantitative estimate of drug-likeness (QED) is 0.265. The van der Waals surface area contributed by atoms with Crippen LogP contribution in [0.1, 0.15) is 117 Å². The second-order valence-electron chi connectivity index (χ2n) is 12.0. The summed E-state index contributed by atoms with van der Waals surface area (Å²) in [5.74, 6) is -0.304. The molecule has 3 atom stereocenters. The van der Waals surface area contributed by atoms with Gasteiger partial charge in [-0.25, -0.2) is 4.79 Å². The molecule has 1 aromatic rings. The number of benzene rings is 1. The van der Waals surface area contributed by atoms with Crippen molar-refractivity contribution >= 4 is 17.9 Å². The van der Waals surface area contributed by atoms with Gasteiger partial charge in [0, 0.05) is 12.6 Å². The van der Waals surface area contributed by atoms with Crippen molar-refractivity contribution in [3.8, 4) is 0 Å². The summed E-state index contributed by atoms with van der Waals surface area (Å²) in [6.07, 6.45) is 4.30. The van der Waals surface area contributed by atoms with E-state index >= 15 is 0 Å². The fourth-order valence-electron chi connectivity index (χ4n) is 4.65. The number of carbonyl (C=O) groups excluding carboxylic acids is 3. The largest absolute Gasteiger partial charge is 0.444 e. The smallest absolute Gasteiger partial charge is 0.408 e. The number of unbranched alkanes of at least 4 members (excludes halogenated alkanes) is 2. The maximum absolute atomic E-state index is 14.3. The Kier molecular flexibility index (Phi) is 13.9. The summed E-state index contributed by atoms with van der Waals surface area (Å²) in [6.45, 7) is 20.0. The van der Waals surface area contributed by atoms with Gasteiger partial charge in [0.25, 0.3) is 0 Å². The fraction of sp³-hybridized carbons (Fsp3) is 0.710. The van der Waals surface area contributed by atoms with E-state index < -0.39 is 23.8 Å². The number of ether oxygens (including phenoxy) is 1. The number of alkyl carbamates (subject to hydrolysis) is 1. The summed E-state index contributed by atoms with van der Waals surface area (Å²) < 4.78 is 5.48. The van der Waals surface area contributed by atoms with Crippen LogP contribution in [0, 0.1) is 19.8 Å². The van der Waals surface area contributed by atoms with Crippen LogP contribution in [-0.4, -0.2) is 47.0 Å². The molecule has 0 radical (unpaired) electrons. The van der Waals surface area contributed by atoms with Crippen LogP contribution in [0.15, 0.2) is 18.2 Å². The zero-order valence-corrected chi connectivity index (χ0v) is 25.6. The Morgan fingerprint density at radius 2 is 1.63 bits per heavy atom. The van der Waals surface area contributed by atoms with Crippen LogP contribution >= 0.6 is 0 Å². The zero-order valence-electron chi connectivity index (χ0n) is 25.6. The first-order valence-corrected chi connectivity index (χ1v) is 14.4. The highest BCUT2D eigenvalue weighted by Gasteiger charge is 2.37. The number of hydrogen-bond donors (Lipinski definition) is 2. The summed E-state index contributed by atoms with van der Waals surface area (Å²) in [7, 11) is 0. The maximum Gasteiger partial charge on any atom is 0.408 e. The van der Waals surface area contributed by atoms with Crippen molar-refractivity contribution in [3.63, 3.8) is 0 Å². The number of nitrogens with one attached hydrogen (secondary N) is 2. The molecule has 0 bridgehead atoms. The van der Waals surface area contributed by atoms with E-state index in [0.29, 0.717) is 13.0 Å². The van der Waals surface area contributed by atoms with E-state index in [0.717, 1.165) is 48.8 Å². The standard InChI is InChI=1S/C31H53N3O4/c1-11-13-14-18-34(29(36)26(19-21(3)4)33-30(37)38-31(8,9)10)27(28(35)32-24(7)15-12-2)25-17-16-22(5)20-23(25)6/h16-17,20-21,24,26-27H,11-15,18-19H2,1-10H3,(H,32,35)(H,33,37). The van der Waals surface area contributed by atoms with Crippen LogP contribution in [0.25, 0.3) is 0 Å². The third kappa shape index (κ3) is 11.4. The molecule has 0 aromatic heterocycles. The van der Waals surface area contributed by atoms with Crippen LogP contribution in [0.2, 0.25) is 0 Å². The average Bonchev–Trinajstić information content (AvgIpc) is 2.77. The van der Waals surface area contributed by atoms with Crippen molar-refractivity contribution in [3.05, 3.63) is 34.9 Å². The molecule has 3 amide bonds. The lowest BCUT2D eigenvalue weighted by atomic mass is 9.94. The molecule has 0 aliphatic carbocycles. The van der Waals surface area contributed by atoms with E-state index in [-0.39, 0.29) is 23.8 Å². The predicted molar refractivity (Wildman–Crippen MR) is 155 cm³/mol. The topological polar surface area (TPSA) is 87.7 Å². The molecule has 2 N–H and O–H groups in total. The van der Waals surface area contributed by atoms with Crippen molar-refractivity contribution in [2.45, 2.75) is 131 Å². The zero-order chi connectivity index (χ0) is 29.0. The molecular weight excluding hydrogens is 478 g/mol. The first-order chi connectivity index (χ1) is 17.7. The van der Waals surface area contributed by atoms with Gasteiger partial charge in [-0.1, -0.05) is 70.7 Å². The number of rotatable bonds is 14. The lowest BCUT2D eigenvalue weighted by Gasteiger charge is -2.36. The van der Waals surface area contributed by atoms with Gasteiger partial charge >= 0.3 is 6.09 Å². The average molecular weight is 532 g/mol. The highest BCUT2D eigenvalue weighted by molar-refractivity contribution is 5.92. The summed E-state index contributed by atoms with van der Waals surface area (Å²) in [6, 6.07) is 4.37. The number of amides is 3. The normalized spacial score (nSPS) is 14.0. The second-order valence-corrected chi connectivity index (χ2v) is 12.0. The molecule has 0 heterocycles. The highest BCUT2D eigenvalue weighted by Crippen LogP contribution is 2.28. The van der Waals surface area contributed by atoms with Crippen molar-refractivity contribution < 1.29 is 19.1 Å². The van der Waals surface area contributed by atoms with E-state index in [2.05, 4.69) is 24.5 Å². The Balaban J connectivity index is 3.56. The molecule has 216 valence electrons. The van der Waals surface area contributed by atoms with Gasteiger partial charge in [0.05, 0.1) is 0 Å². The Labute approximate surface area is 231 Å². The molecular formula is C31H53N3O4. The summed E-state index contributed by atoms with van der Waals surface area (Å²) >= 11 is 0. The molecule has 1 aromatic carbocycles. The molecule has 7 nitrogen and oxygen atoms in total. The van der Waals surface area contributed by atoms with E-state index in [1.54, 1.807) is 25.7 Å². The molecule has 0 aliphatic rings. The Bertz CT molecular complexity index is 907. The first-order valence-electron chi connectivity index (χ1n) is 14.4. The molecule has 0 aliphatic heterocycles. The monoisotopic (exact) mass is 531 g/mol. The summed E-state index contributed by atoms with van der Waals surface area (Å²) in [5, 5.41) is 5.98. The van der Waals surface area contributed by atoms with E-state index in [1.807, 2.05) is 52.8 Å². The van der Waals surface area contributed by atoms with Crippen LogP contribution in [0.3, 0.4) is 0 Å². The molecule has 7 heteroatoms. The van der Waals surface area contributed by atoms with Crippen LogP contribution < -0.4 is 10.6 Å². The Morgan fingerprint density at radius 1 is 0.974 bits per heavy atom. The van der Waals surface area contributed by atoms with Crippen LogP contribution in [0.5, 0.6) is 0 Å². The minimum absolute atomic E-state index is 0.0142. The molecule has 0 saturated carbocycles. The number of nitrogens with zero attached hydrogens (tertiary/aromatic N) is 1. The van der Waals surface area contributed by atoms with Crippen molar-refractivity contribution in [2.24, 2.45) is 5.92 Å². The van der Waals surface area contributed by atoms with Gasteiger partial charge in [-0.3, -0.25) is 9.59 Å². The summed E-state index contributed by atoms with van der Waals surface area (Å²) in [4.78, 5) is 42.6. The van der Waals surface area contributed by atoms with Crippen LogP contribution in [-0.2, 0) is 14.3 Å². The minimum Gasteiger partial charge on any atom is -0.444 e. The van der Waals surface area contributed by atoms with Gasteiger partial charge < -0.3 is 20.3 Å². The van der Waals surface area contributed by atoms with Crippen molar-refractivity contribution in [1.29, 1.82) is 0 Å².